The van der Waals surface area contributed by atoms with Crippen LogP contribution in [0, 0.1) is 99.1 Å². The molecule has 74 heavy (non-hydrogen) atoms. The van der Waals surface area contributed by atoms with Crippen LogP contribution in [0.2, 0.25) is 0 Å². The Morgan fingerprint density at radius 1 is 0.878 bits per heavy atom. The van der Waals surface area contributed by atoms with E-state index in [9.17, 15) is 25.2 Å². The molecule has 2 aromatic carbocycles. The molecule has 5 N–H and O–H groups in total. The summed E-state index contributed by atoms with van der Waals surface area (Å²) in [6.07, 6.45) is 24.3. The zero-order valence-electron chi connectivity index (χ0n) is 43.8. The van der Waals surface area contributed by atoms with Crippen LogP contribution < -0.4 is 5.32 Å². The van der Waals surface area contributed by atoms with Gasteiger partial charge in [0.15, 0.2) is 0 Å². The second kappa shape index (κ2) is 17.7. The number of aliphatic hydroxyl groups is 4. The number of aryl methyl sites for hydroxylation is 1. The van der Waals surface area contributed by atoms with E-state index in [-0.39, 0.29) is 66.1 Å². The molecule has 2 aromatic rings. The van der Waals surface area contributed by atoms with Crippen molar-refractivity contribution >= 4 is 12.3 Å². The van der Waals surface area contributed by atoms with E-state index in [2.05, 4.69) is 59.6 Å². The summed E-state index contributed by atoms with van der Waals surface area (Å²) in [5.41, 5.74) is -2.24. The fourth-order valence-electron chi connectivity index (χ4n) is 22.4. The van der Waals surface area contributed by atoms with Crippen molar-refractivity contribution in [3.63, 3.8) is 0 Å². The van der Waals surface area contributed by atoms with E-state index < -0.39 is 45.6 Å². The number of hydrogen-bond acceptors (Lipinski definition) is 9. The van der Waals surface area contributed by atoms with E-state index in [1.807, 2.05) is 25.2 Å². The Morgan fingerprint density at radius 2 is 1.73 bits per heavy atom. The van der Waals surface area contributed by atoms with Crippen LogP contribution in [0.3, 0.4) is 0 Å². The third-order valence-corrected chi connectivity index (χ3v) is 24.9. The highest BCUT2D eigenvalue weighted by atomic mass is 16.5. The molecule has 13 aliphatic rings. The van der Waals surface area contributed by atoms with Crippen LogP contribution >= 0.6 is 0 Å². The number of aldehydes is 1. The van der Waals surface area contributed by atoms with E-state index in [1.54, 1.807) is 6.08 Å². The van der Waals surface area contributed by atoms with Crippen LogP contribution in [-0.4, -0.2) is 81.4 Å². The minimum Gasteiger partial charge on any atom is -0.454 e. The molecule has 11 aliphatic carbocycles. The van der Waals surface area contributed by atoms with Gasteiger partial charge in [0.1, 0.15) is 18.0 Å². The van der Waals surface area contributed by atoms with Crippen molar-refractivity contribution in [2.45, 2.75) is 176 Å². The molecule has 4 bridgehead atoms. The Morgan fingerprint density at radius 3 is 2.54 bits per heavy atom. The van der Waals surface area contributed by atoms with Crippen molar-refractivity contribution in [2.75, 3.05) is 13.7 Å². The first-order valence-corrected chi connectivity index (χ1v) is 29.7. The van der Waals surface area contributed by atoms with Crippen LogP contribution in [0.1, 0.15) is 144 Å². The highest BCUT2D eigenvalue weighted by molar-refractivity contribution is 5.86. The van der Waals surface area contributed by atoms with Crippen molar-refractivity contribution in [3.05, 3.63) is 94.6 Å². The molecular formula is C65H81NO8. The molecule has 0 aromatic heterocycles. The lowest BCUT2D eigenvalue weighted by Gasteiger charge is -2.74. The second-order valence-electron chi connectivity index (χ2n) is 27.1. The largest absolute Gasteiger partial charge is 0.454 e. The number of fused-ring (bicyclic) bond motifs is 8. The van der Waals surface area contributed by atoms with Crippen molar-refractivity contribution in [1.29, 1.82) is 0 Å². The molecule has 0 amide bonds. The van der Waals surface area contributed by atoms with Gasteiger partial charge in [0.25, 0.3) is 0 Å². The monoisotopic (exact) mass is 1000 g/mol. The van der Waals surface area contributed by atoms with Crippen LogP contribution in [0.4, 0.5) is 0 Å². The number of carbonyl (C=O) groups excluding carboxylic acids is 2. The Bertz CT molecular complexity index is 2690. The first kappa shape index (κ1) is 48.7. The SMILES string of the molecule is CN[C@H]1Cc2c(cccc2CO)C#CCC[C@]23CC[C@H]4[C@@](O)(C[C@H]5C[C@@H]6[C@@H](C7CCCC7)CC=C[C@H]6C[C@@H]6[C@H]7OCC[C@@H]8C[C@@H](CCc9ccccc9)C[C@@]87C[C@@]4(C=O)[C@]56O)[C@@]2(O)C[C@@H]2C[C@@H]1[C@H]1OC(=O)C=C1[C@@H]23. The van der Waals surface area contributed by atoms with Crippen molar-refractivity contribution in [3.8, 4) is 11.8 Å². The highest BCUT2D eigenvalue weighted by Gasteiger charge is 2.85. The predicted molar refractivity (Wildman–Crippen MR) is 281 cm³/mol. The van der Waals surface area contributed by atoms with Gasteiger partial charge in [-0.15, -0.1) is 0 Å². The Hall–Kier alpha value is -3.62. The molecule has 9 heteroatoms. The van der Waals surface area contributed by atoms with Crippen LogP contribution in [0.15, 0.2) is 72.3 Å². The number of likely N-dealkylation sites (N-methyl/N-ethyl adjacent to an activating group) is 1. The first-order chi connectivity index (χ1) is 35.9. The Kier molecular flexibility index (Phi) is 11.7. The van der Waals surface area contributed by atoms with E-state index >= 15 is 4.79 Å². The fourth-order valence-corrected chi connectivity index (χ4v) is 22.4. The van der Waals surface area contributed by atoms with Crippen LogP contribution in [-0.2, 0) is 38.5 Å². The van der Waals surface area contributed by atoms with Gasteiger partial charge < -0.3 is 40.0 Å². The lowest BCUT2D eigenvalue weighted by molar-refractivity contribution is -0.363. The van der Waals surface area contributed by atoms with Gasteiger partial charge in [-0.1, -0.05) is 92.1 Å². The zero-order valence-corrected chi connectivity index (χ0v) is 43.8. The van der Waals surface area contributed by atoms with E-state index in [0.717, 1.165) is 73.6 Å². The highest BCUT2D eigenvalue weighted by Crippen LogP contribution is 2.80. The average Bonchev–Trinajstić information content (AvgIpc) is 4.21. The molecule has 9 nitrogen and oxygen atoms in total. The summed E-state index contributed by atoms with van der Waals surface area (Å²) in [5, 5.41) is 58.8. The summed E-state index contributed by atoms with van der Waals surface area (Å²) in [6, 6.07) is 16.7. The molecule has 394 valence electrons. The maximum absolute atomic E-state index is 15.5. The number of nitrogens with one attached hydrogen (secondary N) is 1. The summed E-state index contributed by atoms with van der Waals surface area (Å²) < 4.78 is 13.7. The number of rotatable bonds is 7. The molecular weight excluding hydrogens is 923 g/mol. The quantitative estimate of drug-likeness (QED) is 0.0795. The molecule has 2 aliphatic heterocycles. The Balaban J connectivity index is 0.928. The molecule has 15 rings (SSSR count). The first-order valence-electron chi connectivity index (χ1n) is 29.7. The van der Waals surface area contributed by atoms with E-state index in [0.29, 0.717) is 87.6 Å². The number of hydrogen-bond donors (Lipinski definition) is 5. The molecule has 1 saturated heterocycles. The van der Waals surface area contributed by atoms with Gasteiger partial charge in [-0.25, -0.2) is 4.79 Å². The molecule has 20 atom stereocenters. The van der Waals surface area contributed by atoms with Crippen molar-refractivity contribution in [2.24, 2.45) is 87.3 Å². The lowest BCUT2D eigenvalue weighted by Crippen LogP contribution is -2.82. The van der Waals surface area contributed by atoms with Gasteiger partial charge in [0.2, 0.25) is 0 Å². The normalized spacial score (nSPS) is 48.4. The average molecular weight is 1000 g/mol. The summed E-state index contributed by atoms with van der Waals surface area (Å²) in [4.78, 5) is 29.3. The maximum Gasteiger partial charge on any atom is 0.331 e. The van der Waals surface area contributed by atoms with Gasteiger partial charge >= 0.3 is 5.97 Å². The molecule has 8 saturated carbocycles. The van der Waals surface area contributed by atoms with Gasteiger partial charge in [-0.3, -0.25) is 0 Å². The Labute approximate surface area is 439 Å². The number of allylic oxidation sites excluding steroid dienone is 2. The number of carbonyl (C=O) groups is 2. The van der Waals surface area contributed by atoms with Crippen molar-refractivity contribution in [1.82, 2.24) is 5.32 Å². The molecule has 2 spiro atoms. The van der Waals surface area contributed by atoms with Gasteiger partial charge in [0.05, 0.1) is 29.3 Å². The van der Waals surface area contributed by atoms with Gasteiger partial charge in [-0.05, 0) is 191 Å². The minimum atomic E-state index is -1.71. The topological polar surface area (TPSA) is 146 Å². The summed E-state index contributed by atoms with van der Waals surface area (Å²) in [5.74, 6) is 7.47. The number of esters is 1. The van der Waals surface area contributed by atoms with Crippen LogP contribution in [0.25, 0.3) is 0 Å². The molecule has 0 radical (unpaired) electrons. The molecule has 9 fully saturated rings. The van der Waals surface area contributed by atoms with Gasteiger partial charge in [-0.2, -0.15) is 0 Å². The number of ether oxygens (including phenoxy) is 2. The summed E-state index contributed by atoms with van der Waals surface area (Å²) >= 11 is 0. The third kappa shape index (κ3) is 6.57. The maximum atomic E-state index is 15.5. The predicted octanol–water partition coefficient (Wildman–Crippen LogP) is 9.00. The molecule has 0 unspecified atom stereocenters. The molecule has 2 heterocycles. The zero-order chi connectivity index (χ0) is 50.4. The second-order valence-corrected chi connectivity index (χ2v) is 27.1. The fraction of sp³-hybridized carbons (Fsp3) is 0.692. The smallest absolute Gasteiger partial charge is 0.331 e. The van der Waals surface area contributed by atoms with Gasteiger partial charge in [0, 0.05) is 59.3 Å². The lowest BCUT2D eigenvalue weighted by atomic mass is 9.33. The number of benzene rings is 2. The summed E-state index contributed by atoms with van der Waals surface area (Å²) in [7, 11) is 1.97. The standard InChI is InChI=1S/C65H81NO8/c1-66-54-31-49-42(16-9-18-44(49)36-67)15-7-8-24-61-25-22-55-62(38-68)37-60-33-40(21-20-39-11-3-2-4-12-39)27-46(60)23-26-73-59(60)53-29-43-17-10-19-48(41-13-5-6-14-41)50(43)30-47(65(53,62)72)35-63(55,70)64(61,71)34-45-28-51(54)58-52(57(45)61)32-56(69)74-58/h2-4,9-12,16-18,32,38,40-41,43,45-48,50-51,53-55,57-59,66-67,70-72H,5-6,8,13-14,19-31,33-37H2,1H3/t40-,43+,45+,46-,47-,48-,50+,51+,53-,54+,55-,57-,58-,59-,60-,61-,62+,63+,64-,65+/m1/s1. The van der Waals surface area contributed by atoms with E-state index in [1.165, 1.54) is 37.5 Å². The number of aliphatic hydroxyl groups excluding tert-OH is 1. The summed E-state index contributed by atoms with van der Waals surface area (Å²) in [6.45, 7) is 0.579. The van der Waals surface area contributed by atoms with Crippen molar-refractivity contribution < 1.29 is 39.5 Å². The van der Waals surface area contributed by atoms with E-state index in [4.69, 9.17) is 9.47 Å². The third-order valence-electron chi connectivity index (χ3n) is 24.9. The van der Waals surface area contributed by atoms with Crippen LogP contribution in [0.5, 0.6) is 0 Å². The minimum absolute atomic E-state index is 0.0676.